The van der Waals surface area contributed by atoms with Crippen molar-refractivity contribution in [2.24, 2.45) is 0 Å². The molecular formula is C20H25ClN2O6S. The fourth-order valence-electron chi connectivity index (χ4n) is 2.52. The molecule has 0 saturated carbocycles. The van der Waals surface area contributed by atoms with Crippen LogP contribution < -0.4 is 19.5 Å². The number of anilines is 1. The van der Waals surface area contributed by atoms with Gasteiger partial charge in [0.05, 0.1) is 23.1 Å². The van der Waals surface area contributed by atoms with Crippen LogP contribution >= 0.6 is 11.6 Å². The number of halogens is 1. The van der Waals surface area contributed by atoms with Gasteiger partial charge in [0.2, 0.25) is 0 Å². The highest BCUT2D eigenvalue weighted by Gasteiger charge is 2.17. The maximum atomic E-state index is 12.6. The number of amides is 1. The van der Waals surface area contributed by atoms with Crippen molar-refractivity contribution in [3.63, 3.8) is 0 Å². The summed E-state index contributed by atoms with van der Waals surface area (Å²) in [5.74, 6) is 0.501. The first-order valence-corrected chi connectivity index (χ1v) is 11.1. The summed E-state index contributed by atoms with van der Waals surface area (Å²) < 4.78 is 43.4. The summed E-state index contributed by atoms with van der Waals surface area (Å²) in [6.45, 7) is 4.30. The van der Waals surface area contributed by atoms with E-state index in [1.807, 2.05) is 6.92 Å². The van der Waals surface area contributed by atoms with Crippen LogP contribution in [0.15, 0.2) is 47.4 Å². The Balaban J connectivity index is 2.01. The summed E-state index contributed by atoms with van der Waals surface area (Å²) in [4.78, 5) is 11.8. The Morgan fingerprint density at radius 2 is 1.83 bits per heavy atom. The van der Waals surface area contributed by atoms with E-state index in [1.54, 1.807) is 38.3 Å². The number of methoxy groups -OCH3 is 1. The molecule has 8 nitrogen and oxygen atoms in total. The van der Waals surface area contributed by atoms with E-state index in [1.165, 1.54) is 18.2 Å². The lowest BCUT2D eigenvalue weighted by Crippen LogP contribution is -2.38. The second-order valence-corrected chi connectivity index (χ2v) is 8.46. The Kier molecular flexibility index (Phi) is 8.76. The van der Waals surface area contributed by atoms with Crippen LogP contribution in [0.2, 0.25) is 5.02 Å². The molecule has 0 aliphatic carbocycles. The van der Waals surface area contributed by atoms with Crippen LogP contribution in [0.4, 0.5) is 5.69 Å². The van der Waals surface area contributed by atoms with Crippen molar-refractivity contribution in [3.8, 4) is 11.5 Å². The van der Waals surface area contributed by atoms with Crippen LogP contribution in [0.3, 0.4) is 0 Å². The molecule has 0 saturated heterocycles. The molecule has 2 N–H and O–H groups in total. The first-order valence-electron chi connectivity index (χ1n) is 9.21. The van der Waals surface area contributed by atoms with Crippen molar-refractivity contribution in [2.45, 2.75) is 24.8 Å². The Labute approximate surface area is 181 Å². The predicted octanol–water partition coefficient (Wildman–Crippen LogP) is 3.07. The van der Waals surface area contributed by atoms with Crippen molar-refractivity contribution < 1.29 is 27.4 Å². The number of nitrogens with one attached hydrogen (secondary N) is 2. The molecule has 0 aromatic heterocycles. The van der Waals surface area contributed by atoms with Gasteiger partial charge in [0.25, 0.3) is 15.9 Å². The molecule has 2 rings (SSSR count). The van der Waals surface area contributed by atoms with Gasteiger partial charge in [-0.3, -0.25) is 9.52 Å². The van der Waals surface area contributed by atoms with Gasteiger partial charge >= 0.3 is 0 Å². The molecule has 2 aromatic carbocycles. The first-order chi connectivity index (χ1) is 14.2. The molecular weight excluding hydrogens is 432 g/mol. The minimum absolute atomic E-state index is 0.0353. The van der Waals surface area contributed by atoms with E-state index in [0.29, 0.717) is 24.7 Å². The van der Waals surface area contributed by atoms with Gasteiger partial charge in [-0.1, -0.05) is 11.6 Å². The second-order valence-electron chi connectivity index (χ2n) is 6.37. The lowest BCUT2D eigenvalue weighted by molar-refractivity contribution is -0.124. The summed E-state index contributed by atoms with van der Waals surface area (Å²) >= 11 is 6.15. The highest BCUT2D eigenvalue weighted by atomic mass is 35.5. The Morgan fingerprint density at radius 1 is 1.13 bits per heavy atom. The zero-order chi connectivity index (χ0) is 22.1. The fourth-order valence-corrected chi connectivity index (χ4v) is 3.90. The van der Waals surface area contributed by atoms with Crippen LogP contribution in [0, 0.1) is 0 Å². The molecule has 0 aliphatic heterocycles. The molecule has 0 spiro atoms. The van der Waals surface area contributed by atoms with Gasteiger partial charge in [0.15, 0.2) is 6.61 Å². The first kappa shape index (κ1) is 23.8. The lowest BCUT2D eigenvalue weighted by atomic mass is 10.3. The third-order valence-corrected chi connectivity index (χ3v) is 5.49. The molecule has 10 heteroatoms. The van der Waals surface area contributed by atoms with Gasteiger partial charge in [-0.05, 0) is 56.3 Å². The Hall–Kier alpha value is -2.49. The van der Waals surface area contributed by atoms with E-state index < -0.39 is 10.0 Å². The number of sulfonamides is 1. The number of hydrogen-bond acceptors (Lipinski definition) is 6. The maximum absolute atomic E-state index is 12.6. The molecule has 0 heterocycles. The van der Waals surface area contributed by atoms with E-state index in [0.717, 1.165) is 0 Å². The van der Waals surface area contributed by atoms with Gasteiger partial charge in [-0.2, -0.15) is 0 Å². The van der Waals surface area contributed by atoms with E-state index in [2.05, 4.69) is 10.0 Å². The maximum Gasteiger partial charge on any atom is 0.261 e. The average molecular weight is 457 g/mol. The van der Waals surface area contributed by atoms with Crippen molar-refractivity contribution in [2.75, 3.05) is 31.7 Å². The number of benzene rings is 2. The lowest BCUT2D eigenvalue weighted by Gasteiger charge is -2.14. The summed E-state index contributed by atoms with van der Waals surface area (Å²) in [7, 11) is -2.31. The van der Waals surface area contributed by atoms with Crippen molar-refractivity contribution in [1.82, 2.24) is 5.32 Å². The molecule has 0 radical (unpaired) electrons. The predicted molar refractivity (Wildman–Crippen MR) is 115 cm³/mol. The standard InChI is InChI=1S/C20H25ClN2O6S/c1-4-28-16-7-5-15(6-8-16)23-30(25,26)17-9-10-19(18(21)11-17)29-13-20(24)22-14(2)12-27-3/h5-11,14,23H,4,12-13H2,1-3H3,(H,22,24)/t14-/m0/s1. The van der Waals surface area contributed by atoms with Crippen LogP contribution in [0.25, 0.3) is 0 Å². The zero-order valence-corrected chi connectivity index (χ0v) is 18.5. The largest absolute Gasteiger partial charge is 0.494 e. The monoisotopic (exact) mass is 456 g/mol. The fraction of sp³-hybridized carbons (Fsp3) is 0.350. The summed E-state index contributed by atoms with van der Waals surface area (Å²) in [6.07, 6.45) is 0. The Bertz CT molecular complexity index is 950. The second kappa shape index (κ2) is 11.1. The van der Waals surface area contributed by atoms with Crippen molar-refractivity contribution >= 4 is 33.2 Å². The minimum atomic E-state index is -3.86. The molecule has 1 amide bonds. The zero-order valence-electron chi connectivity index (χ0n) is 17.0. The van der Waals surface area contributed by atoms with Crippen LogP contribution in [0.5, 0.6) is 11.5 Å². The molecule has 30 heavy (non-hydrogen) atoms. The van der Waals surface area contributed by atoms with Crippen LogP contribution in [-0.2, 0) is 19.6 Å². The molecule has 0 bridgehead atoms. The van der Waals surface area contributed by atoms with Gasteiger partial charge in [0.1, 0.15) is 11.5 Å². The molecule has 1 atom stereocenters. The van der Waals surface area contributed by atoms with E-state index in [-0.39, 0.29) is 34.2 Å². The SMILES string of the molecule is CCOc1ccc(NS(=O)(=O)c2ccc(OCC(=O)N[C@@H](C)COC)c(Cl)c2)cc1. The highest BCUT2D eigenvalue weighted by molar-refractivity contribution is 7.92. The number of ether oxygens (including phenoxy) is 3. The number of hydrogen-bond donors (Lipinski definition) is 2. The summed E-state index contributed by atoms with van der Waals surface area (Å²) in [5.41, 5.74) is 0.386. The van der Waals surface area contributed by atoms with Crippen molar-refractivity contribution in [3.05, 3.63) is 47.5 Å². The molecule has 0 aliphatic rings. The quantitative estimate of drug-likeness (QED) is 0.538. The Morgan fingerprint density at radius 3 is 2.43 bits per heavy atom. The minimum Gasteiger partial charge on any atom is -0.494 e. The van der Waals surface area contributed by atoms with E-state index in [4.69, 9.17) is 25.8 Å². The number of carbonyl (C=O) groups is 1. The molecule has 164 valence electrons. The smallest absolute Gasteiger partial charge is 0.261 e. The molecule has 0 unspecified atom stereocenters. The summed E-state index contributed by atoms with van der Waals surface area (Å²) in [5, 5.41) is 2.77. The average Bonchev–Trinajstić information content (AvgIpc) is 2.68. The normalized spacial score (nSPS) is 12.1. The highest BCUT2D eigenvalue weighted by Crippen LogP contribution is 2.28. The van der Waals surface area contributed by atoms with E-state index in [9.17, 15) is 13.2 Å². The number of rotatable bonds is 11. The van der Waals surface area contributed by atoms with Gasteiger partial charge in [-0.25, -0.2) is 8.42 Å². The third kappa shape index (κ3) is 7.08. The molecule has 0 fully saturated rings. The van der Waals surface area contributed by atoms with Crippen molar-refractivity contribution in [1.29, 1.82) is 0 Å². The van der Waals surface area contributed by atoms with Gasteiger partial charge in [0, 0.05) is 18.8 Å². The topological polar surface area (TPSA) is 103 Å². The third-order valence-electron chi connectivity index (χ3n) is 3.81. The summed E-state index contributed by atoms with van der Waals surface area (Å²) in [6, 6.07) is 10.4. The van der Waals surface area contributed by atoms with Gasteiger partial charge in [-0.15, -0.1) is 0 Å². The molecule has 2 aromatic rings. The van der Waals surface area contributed by atoms with E-state index >= 15 is 0 Å². The van der Waals surface area contributed by atoms with Crippen LogP contribution in [-0.4, -0.2) is 47.3 Å². The van der Waals surface area contributed by atoms with Crippen LogP contribution in [0.1, 0.15) is 13.8 Å². The van der Waals surface area contributed by atoms with Gasteiger partial charge < -0.3 is 19.5 Å². The number of carbonyl (C=O) groups excluding carboxylic acids is 1.